The second kappa shape index (κ2) is 42.1. The molecule has 6 heavy (non-hydrogen) atoms. The summed E-state index contributed by atoms with van der Waals surface area (Å²) in [5, 5.41) is 8.63. The van der Waals surface area contributed by atoms with E-state index in [4.69, 9.17) is 5.26 Å². The van der Waals surface area contributed by atoms with Crippen molar-refractivity contribution in [2.24, 2.45) is 0 Å². The van der Waals surface area contributed by atoms with Crippen LogP contribution in [0.5, 0.6) is 0 Å². The van der Waals surface area contributed by atoms with Gasteiger partial charge in [0.05, 0.1) is 0 Å². The van der Waals surface area contributed by atoms with Gasteiger partial charge >= 0.3 is 29.6 Å². The van der Waals surface area contributed by atoms with Crippen molar-refractivity contribution in [1.29, 1.82) is 5.26 Å². The number of thiol groups is 1. The molecule has 0 radical (unpaired) electrons. The van der Waals surface area contributed by atoms with Gasteiger partial charge in [-0.25, -0.2) is 0 Å². The molecule has 0 rings (SSSR count). The van der Waals surface area contributed by atoms with Gasteiger partial charge in [-0.3, -0.25) is 0 Å². The van der Waals surface area contributed by atoms with Crippen LogP contribution < -0.4 is 0 Å². The first-order chi connectivity index (χ1) is 1.41. The standard InChI is InChI=1S/CHNS.Na.2H2O.H/c2-1-3;;;;/h3H;;2*1H2;. The normalized spacial score (nSPS) is 1.33. The Kier molecular flexibility index (Phi) is 207. The van der Waals surface area contributed by atoms with Crippen LogP contribution in [-0.2, 0) is 0 Å². The molecule has 4 N–H and O–H groups in total. The van der Waals surface area contributed by atoms with Crippen molar-refractivity contribution in [1.82, 2.24) is 0 Å². The predicted octanol–water partition coefficient (Wildman–Crippen LogP) is -1.90. The molecule has 0 saturated carbocycles. The number of rotatable bonds is 0. The van der Waals surface area contributed by atoms with Crippen molar-refractivity contribution in [3.63, 3.8) is 0 Å². The molecule has 0 aliphatic heterocycles. The molecule has 0 spiro atoms. The van der Waals surface area contributed by atoms with E-state index in [0.717, 1.165) is 0 Å². The molecule has 0 aliphatic carbocycles. The minimum atomic E-state index is 0. The van der Waals surface area contributed by atoms with E-state index in [9.17, 15) is 0 Å². The Hall–Kier alpha value is 0.760. The van der Waals surface area contributed by atoms with Gasteiger partial charge in [0, 0.05) is 0 Å². The summed E-state index contributed by atoms with van der Waals surface area (Å²) in [4.78, 5) is 0. The Morgan fingerprint density at radius 3 is 1.33 bits per heavy atom. The number of hydrogen-bond donors (Lipinski definition) is 1. The molecule has 0 heterocycles. The monoisotopic (exact) mass is 119 g/mol. The van der Waals surface area contributed by atoms with Crippen LogP contribution >= 0.6 is 12.6 Å². The van der Waals surface area contributed by atoms with Crippen molar-refractivity contribution in [2.45, 2.75) is 0 Å². The van der Waals surface area contributed by atoms with Crippen molar-refractivity contribution >= 4 is 42.2 Å². The molecule has 0 unspecified atom stereocenters. The molecule has 0 amide bonds. The van der Waals surface area contributed by atoms with Crippen molar-refractivity contribution in [3.05, 3.63) is 0 Å². The summed E-state index contributed by atoms with van der Waals surface area (Å²) < 4.78 is 0. The quantitative estimate of drug-likeness (QED) is 0.225. The molecular formula is CH6NNaO2S. The summed E-state index contributed by atoms with van der Waals surface area (Å²) >= 11 is 3.09. The summed E-state index contributed by atoms with van der Waals surface area (Å²) in [5.74, 6) is 0. The molecule has 0 aromatic heterocycles. The van der Waals surface area contributed by atoms with Crippen LogP contribution in [0.15, 0.2) is 0 Å². The van der Waals surface area contributed by atoms with Gasteiger partial charge in [0.1, 0.15) is 5.40 Å². The van der Waals surface area contributed by atoms with E-state index >= 15 is 0 Å². The second-order valence-electron chi connectivity index (χ2n) is 0.100. The van der Waals surface area contributed by atoms with E-state index in [0.29, 0.717) is 0 Å². The van der Waals surface area contributed by atoms with Gasteiger partial charge in [0.25, 0.3) is 0 Å². The summed E-state index contributed by atoms with van der Waals surface area (Å²) in [5.41, 5.74) is 0. The fourth-order valence-electron chi connectivity index (χ4n) is 0. The maximum absolute atomic E-state index is 7.18. The predicted molar refractivity (Wildman–Crippen MR) is 29.0 cm³/mol. The summed E-state index contributed by atoms with van der Waals surface area (Å²) in [6, 6.07) is 0. The Labute approximate surface area is 63.7 Å². The van der Waals surface area contributed by atoms with Crippen LogP contribution in [0.4, 0.5) is 0 Å². The fraction of sp³-hybridized carbons (Fsp3) is 0. The first kappa shape index (κ1) is 29.4. The van der Waals surface area contributed by atoms with Crippen molar-refractivity contribution < 1.29 is 11.0 Å². The molecule has 5 heteroatoms. The van der Waals surface area contributed by atoms with Gasteiger partial charge in [-0.15, -0.1) is 0 Å². The molecular weight excluding hydrogens is 113 g/mol. The number of nitriles is 1. The molecule has 0 aromatic rings. The number of nitrogens with zero attached hydrogens (tertiary/aromatic N) is 1. The van der Waals surface area contributed by atoms with Gasteiger partial charge in [0.15, 0.2) is 0 Å². The molecule has 0 aliphatic rings. The zero-order valence-corrected chi connectivity index (χ0v) is 3.29. The third-order valence-electron chi connectivity index (χ3n) is 0. The average molecular weight is 119 g/mol. The van der Waals surface area contributed by atoms with Crippen LogP contribution in [0.3, 0.4) is 0 Å². The van der Waals surface area contributed by atoms with Crippen LogP contribution in [0, 0.1) is 10.7 Å². The van der Waals surface area contributed by atoms with Crippen LogP contribution in [-0.4, -0.2) is 40.5 Å². The second-order valence-corrected chi connectivity index (χ2v) is 0.300. The summed E-state index contributed by atoms with van der Waals surface area (Å²) in [6.45, 7) is 0. The first-order valence-electron chi connectivity index (χ1n) is 0.447. The van der Waals surface area contributed by atoms with E-state index in [1.54, 1.807) is 0 Å². The van der Waals surface area contributed by atoms with Crippen LogP contribution in [0.25, 0.3) is 0 Å². The van der Waals surface area contributed by atoms with E-state index < -0.39 is 0 Å². The molecule has 0 saturated heterocycles. The van der Waals surface area contributed by atoms with Gasteiger partial charge in [-0.1, -0.05) is 12.6 Å². The van der Waals surface area contributed by atoms with Crippen molar-refractivity contribution in [2.75, 3.05) is 0 Å². The molecule has 34 valence electrons. The van der Waals surface area contributed by atoms with E-state index in [1.807, 2.05) is 0 Å². The summed E-state index contributed by atoms with van der Waals surface area (Å²) in [7, 11) is 0. The average Bonchev–Trinajstić information content (AvgIpc) is 0.918. The SMILES string of the molecule is N#CS.O.O.[NaH]. The van der Waals surface area contributed by atoms with Gasteiger partial charge in [-0.2, -0.15) is 5.26 Å². The fourth-order valence-corrected chi connectivity index (χ4v) is 0. The molecule has 3 nitrogen and oxygen atoms in total. The Bertz CT molecular complexity index is 35.0. The topological polar surface area (TPSA) is 86.8 Å². The van der Waals surface area contributed by atoms with Crippen LogP contribution in [0.2, 0.25) is 0 Å². The Morgan fingerprint density at radius 2 is 1.33 bits per heavy atom. The first-order valence-corrected chi connectivity index (χ1v) is 0.894. The molecule has 0 atom stereocenters. The van der Waals surface area contributed by atoms with Gasteiger partial charge < -0.3 is 11.0 Å². The minimum absolute atomic E-state index is 0. The number of hydrogen-bond acceptors (Lipinski definition) is 2. The maximum atomic E-state index is 7.18. The molecule has 0 fully saturated rings. The zero-order valence-electron chi connectivity index (χ0n) is 2.39. The van der Waals surface area contributed by atoms with E-state index in [1.165, 1.54) is 5.40 Å². The molecule has 0 aromatic carbocycles. The van der Waals surface area contributed by atoms with Crippen molar-refractivity contribution in [3.8, 4) is 5.40 Å². The van der Waals surface area contributed by atoms with Gasteiger partial charge in [-0.05, 0) is 0 Å². The molecule has 0 bridgehead atoms. The van der Waals surface area contributed by atoms with E-state index in [-0.39, 0.29) is 40.5 Å². The third-order valence-corrected chi connectivity index (χ3v) is 0. The third kappa shape index (κ3) is 117. The Morgan fingerprint density at radius 1 is 1.33 bits per heavy atom. The van der Waals surface area contributed by atoms with E-state index in [2.05, 4.69) is 12.6 Å². The summed E-state index contributed by atoms with van der Waals surface area (Å²) in [6.07, 6.45) is 0. The Balaban J connectivity index is -0.00000000667. The van der Waals surface area contributed by atoms with Crippen LogP contribution in [0.1, 0.15) is 0 Å². The zero-order chi connectivity index (χ0) is 2.71. The van der Waals surface area contributed by atoms with Gasteiger partial charge in [0.2, 0.25) is 0 Å². The number of thiocyanates is 1.